The molecule has 52 valence electrons. The van der Waals surface area contributed by atoms with Crippen LogP contribution in [-0.2, 0) is 0 Å². The molecule has 0 saturated carbocycles. The predicted molar refractivity (Wildman–Crippen MR) is 34.0 cm³/mol. The zero-order valence-electron chi connectivity index (χ0n) is 4.74. The summed E-state index contributed by atoms with van der Waals surface area (Å²) < 4.78 is 0. The van der Waals surface area contributed by atoms with E-state index in [1.165, 1.54) is 0 Å². The fourth-order valence-corrected chi connectivity index (χ4v) is 0.166. The van der Waals surface area contributed by atoms with Gasteiger partial charge in [-0.1, -0.05) is 0 Å². The van der Waals surface area contributed by atoms with Crippen LogP contribution in [0.5, 0.6) is 0 Å². The maximum absolute atomic E-state index is 8.56. The van der Waals surface area contributed by atoms with E-state index in [2.05, 4.69) is 0 Å². The second-order valence-corrected chi connectivity index (χ2v) is 1.61. The molecule has 0 rings (SSSR count). The van der Waals surface area contributed by atoms with E-state index in [0.717, 1.165) is 0 Å². The molecule has 0 spiro atoms. The summed E-state index contributed by atoms with van der Waals surface area (Å²) in [7, 11) is 0. The van der Waals surface area contributed by atoms with E-state index in [1.807, 2.05) is 0 Å². The van der Waals surface area contributed by atoms with Crippen molar-refractivity contribution in [3.05, 3.63) is 0 Å². The summed E-state index contributed by atoms with van der Waals surface area (Å²) in [4.78, 5) is 0. The van der Waals surface area contributed by atoms with Crippen LogP contribution in [0.2, 0.25) is 0 Å². The molecule has 0 radical (unpaired) electrons. The molecule has 0 aliphatic carbocycles. The second kappa shape index (κ2) is 5.31. The lowest BCUT2D eigenvalue weighted by Crippen LogP contribution is -2.33. The van der Waals surface area contributed by atoms with Crippen molar-refractivity contribution >= 4 is 12.4 Å². The molecule has 0 amide bonds. The van der Waals surface area contributed by atoms with Crippen molar-refractivity contribution in [3.8, 4) is 0 Å². The first-order chi connectivity index (χ1) is 3.18. The summed E-state index contributed by atoms with van der Waals surface area (Å²) in [6, 6.07) is -0.329. The Bertz CT molecular complexity index is 51.3. The number of aliphatic hydroxyl groups excluding tert-OH is 2. The SMILES string of the molecule is C[C@H](N)[C@H](O)CO.Cl. The van der Waals surface area contributed by atoms with E-state index in [9.17, 15) is 0 Å². The number of aliphatic hydroxyl groups is 2. The van der Waals surface area contributed by atoms with Gasteiger partial charge in [0.25, 0.3) is 0 Å². The Hall–Kier alpha value is 0.170. The Morgan fingerprint density at radius 1 is 1.62 bits per heavy atom. The van der Waals surface area contributed by atoms with Crippen molar-refractivity contribution < 1.29 is 10.2 Å². The van der Waals surface area contributed by atoms with Gasteiger partial charge in [0.05, 0.1) is 12.7 Å². The van der Waals surface area contributed by atoms with Crippen LogP contribution in [0.15, 0.2) is 0 Å². The van der Waals surface area contributed by atoms with Crippen LogP contribution in [0.3, 0.4) is 0 Å². The number of nitrogens with two attached hydrogens (primary N) is 1. The maximum Gasteiger partial charge on any atom is 0.0918 e. The van der Waals surface area contributed by atoms with E-state index in [4.69, 9.17) is 15.9 Å². The average molecular weight is 142 g/mol. The van der Waals surface area contributed by atoms with E-state index in [1.54, 1.807) is 6.92 Å². The van der Waals surface area contributed by atoms with Crippen LogP contribution in [0, 0.1) is 0 Å². The Kier molecular flexibility index (Phi) is 7.32. The molecule has 0 saturated heterocycles. The van der Waals surface area contributed by atoms with Crippen LogP contribution >= 0.6 is 12.4 Å². The third kappa shape index (κ3) is 4.33. The Labute approximate surface area is 54.9 Å². The summed E-state index contributed by atoms with van der Waals surface area (Å²) in [6.45, 7) is 1.39. The fraction of sp³-hybridized carbons (Fsp3) is 1.00. The van der Waals surface area contributed by atoms with Crippen molar-refractivity contribution in [1.82, 2.24) is 0 Å². The van der Waals surface area contributed by atoms with Crippen molar-refractivity contribution in [2.24, 2.45) is 5.73 Å². The van der Waals surface area contributed by atoms with Gasteiger partial charge in [-0.25, -0.2) is 0 Å². The summed E-state index contributed by atoms with van der Waals surface area (Å²) in [5, 5.41) is 16.7. The van der Waals surface area contributed by atoms with Gasteiger partial charge in [-0.05, 0) is 6.92 Å². The molecule has 0 aromatic carbocycles. The van der Waals surface area contributed by atoms with Gasteiger partial charge in [-0.15, -0.1) is 12.4 Å². The third-order valence-corrected chi connectivity index (χ3v) is 0.794. The highest BCUT2D eigenvalue weighted by Crippen LogP contribution is 1.83. The van der Waals surface area contributed by atoms with Gasteiger partial charge < -0.3 is 15.9 Å². The molecular weight excluding hydrogens is 130 g/mol. The Balaban J connectivity index is 0. The highest BCUT2D eigenvalue weighted by Gasteiger charge is 2.05. The van der Waals surface area contributed by atoms with Gasteiger partial charge in [0, 0.05) is 6.04 Å². The van der Waals surface area contributed by atoms with Crippen LogP contribution in [0.1, 0.15) is 6.92 Å². The zero-order chi connectivity index (χ0) is 5.86. The normalized spacial score (nSPS) is 16.5. The topological polar surface area (TPSA) is 66.5 Å². The molecule has 0 aliphatic rings. The van der Waals surface area contributed by atoms with E-state index >= 15 is 0 Å². The van der Waals surface area contributed by atoms with Crippen molar-refractivity contribution in [2.75, 3.05) is 6.61 Å². The average Bonchev–Trinajstić information content (AvgIpc) is 1.65. The highest BCUT2D eigenvalue weighted by atomic mass is 35.5. The van der Waals surface area contributed by atoms with Gasteiger partial charge in [0.1, 0.15) is 0 Å². The molecule has 8 heavy (non-hydrogen) atoms. The molecule has 2 atom stereocenters. The molecule has 0 fully saturated rings. The van der Waals surface area contributed by atoms with Gasteiger partial charge in [0.2, 0.25) is 0 Å². The number of rotatable bonds is 2. The first kappa shape index (κ1) is 11.0. The molecule has 0 heterocycles. The Morgan fingerprint density at radius 3 is 2.00 bits per heavy atom. The molecule has 0 aromatic rings. The van der Waals surface area contributed by atoms with Crippen LogP contribution in [0.25, 0.3) is 0 Å². The van der Waals surface area contributed by atoms with Crippen molar-refractivity contribution in [1.29, 1.82) is 0 Å². The lowest BCUT2D eigenvalue weighted by Gasteiger charge is -2.08. The molecule has 4 heteroatoms. The smallest absolute Gasteiger partial charge is 0.0918 e. The maximum atomic E-state index is 8.56. The lowest BCUT2D eigenvalue weighted by atomic mass is 10.2. The molecule has 3 nitrogen and oxygen atoms in total. The summed E-state index contributed by atoms with van der Waals surface area (Å²) in [5.74, 6) is 0. The van der Waals surface area contributed by atoms with Crippen LogP contribution in [0.4, 0.5) is 0 Å². The standard InChI is InChI=1S/C4H11NO2.ClH/c1-3(5)4(7)2-6;/h3-4,6-7H,2,5H2,1H3;1H/t3-,4+;/m0./s1. The van der Waals surface area contributed by atoms with Gasteiger partial charge in [0.15, 0.2) is 0 Å². The minimum absolute atomic E-state index is 0. The number of hydrogen-bond donors (Lipinski definition) is 3. The number of halogens is 1. The van der Waals surface area contributed by atoms with Crippen molar-refractivity contribution in [2.45, 2.75) is 19.1 Å². The molecule has 0 aliphatic heterocycles. The quantitative estimate of drug-likeness (QED) is 0.468. The summed E-state index contributed by atoms with van der Waals surface area (Å²) >= 11 is 0. The predicted octanol–water partition coefficient (Wildman–Crippen LogP) is -0.891. The first-order valence-corrected chi connectivity index (χ1v) is 2.23. The molecule has 0 aromatic heterocycles. The molecule has 4 N–H and O–H groups in total. The van der Waals surface area contributed by atoms with Crippen molar-refractivity contribution in [3.63, 3.8) is 0 Å². The minimum atomic E-state index is -0.764. The van der Waals surface area contributed by atoms with E-state index < -0.39 is 6.10 Å². The molecular formula is C4H12ClNO2. The minimum Gasteiger partial charge on any atom is -0.394 e. The number of hydrogen-bond acceptors (Lipinski definition) is 3. The molecule has 0 bridgehead atoms. The van der Waals surface area contributed by atoms with Gasteiger partial charge in [-0.2, -0.15) is 0 Å². The van der Waals surface area contributed by atoms with Crippen LogP contribution < -0.4 is 5.73 Å². The fourth-order valence-electron chi connectivity index (χ4n) is 0.166. The third-order valence-electron chi connectivity index (χ3n) is 0.794. The summed E-state index contributed by atoms with van der Waals surface area (Å²) in [6.07, 6.45) is -0.764. The monoisotopic (exact) mass is 141 g/mol. The Morgan fingerprint density at radius 2 is 2.00 bits per heavy atom. The first-order valence-electron chi connectivity index (χ1n) is 2.23. The largest absolute Gasteiger partial charge is 0.394 e. The highest BCUT2D eigenvalue weighted by molar-refractivity contribution is 5.85. The van der Waals surface area contributed by atoms with Gasteiger partial charge >= 0.3 is 0 Å². The lowest BCUT2D eigenvalue weighted by molar-refractivity contribution is 0.0789. The second-order valence-electron chi connectivity index (χ2n) is 1.61. The summed E-state index contributed by atoms with van der Waals surface area (Å²) in [5.41, 5.74) is 5.14. The zero-order valence-corrected chi connectivity index (χ0v) is 5.56. The van der Waals surface area contributed by atoms with E-state index in [0.29, 0.717) is 0 Å². The molecule has 0 unspecified atom stereocenters. The van der Waals surface area contributed by atoms with E-state index in [-0.39, 0.29) is 25.1 Å². The van der Waals surface area contributed by atoms with Crippen LogP contribution in [-0.4, -0.2) is 29.0 Å². The van der Waals surface area contributed by atoms with Gasteiger partial charge in [-0.3, -0.25) is 0 Å².